The number of imidazole rings is 2. The minimum Gasteiger partial charge on any atom is -0.453 e. The van der Waals surface area contributed by atoms with E-state index in [1.807, 2.05) is 62.9 Å². The number of nitrogens with zero attached hydrogens (tertiary/aromatic N) is 4. The predicted molar refractivity (Wildman–Crippen MR) is 237 cm³/mol. The smallest absolute Gasteiger partial charge is 0.407 e. The molecule has 0 radical (unpaired) electrons. The molecule has 3 aromatic carbocycles. The SMILES string of the molecule is COC(=O)N[C@H](C(=O)N1CC2(CC2)C[C@H]1c1ncc(-c2ccc3c(c2)C(F)(F)c2cc(-c4ccc5nc([C@@H]6[C@@H]7CC[C@@H](C7)N6C(=O)[C@@H](NC(=O)OC)C(C)C)[nH]c5c4)ccc2-3)[nH]1)C(C)C. The lowest BCUT2D eigenvalue weighted by Gasteiger charge is -2.37. The molecular formula is C49H54F2N8O6. The Morgan fingerprint density at radius 3 is 2.05 bits per heavy atom. The van der Waals surface area contributed by atoms with Gasteiger partial charge < -0.3 is 39.9 Å². The Morgan fingerprint density at radius 2 is 1.40 bits per heavy atom. The molecule has 4 heterocycles. The zero-order valence-corrected chi connectivity index (χ0v) is 37.3. The van der Waals surface area contributed by atoms with Crippen LogP contribution in [-0.4, -0.2) is 92.6 Å². The number of alkyl carbamates (subject to hydrolysis) is 2. The number of hydrogen-bond donors (Lipinski definition) is 4. The molecule has 4 fully saturated rings. The Morgan fingerprint density at radius 1 is 0.785 bits per heavy atom. The lowest BCUT2D eigenvalue weighted by molar-refractivity contribution is -0.139. The first-order valence-corrected chi connectivity index (χ1v) is 22.6. The number of benzene rings is 3. The number of amides is 4. The van der Waals surface area contributed by atoms with Crippen molar-refractivity contribution in [3.05, 3.63) is 83.6 Å². The minimum absolute atomic E-state index is 0.0102. The fourth-order valence-electron chi connectivity index (χ4n) is 11.0. The van der Waals surface area contributed by atoms with E-state index in [0.717, 1.165) is 49.6 Å². The van der Waals surface area contributed by atoms with Gasteiger partial charge >= 0.3 is 12.2 Å². The lowest BCUT2D eigenvalue weighted by Crippen LogP contribution is -2.54. The first-order chi connectivity index (χ1) is 31.1. The van der Waals surface area contributed by atoms with Crippen LogP contribution in [0.15, 0.2) is 60.8 Å². The number of methoxy groups -OCH3 is 2. The highest BCUT2D eigenvalue weighted by atomic mass is 19.3. The number of piperidine rings is 1. The summed E-state index contributed by atoms with van der Waals surface area (Å²) in [4.78, 5) is 72.6. The Bertz CT molecular complexity index is 2740. The Labute approximate surface area is 375 Å². The van der Waals surface area contributed by atoms with E-state index < -0.39 is 30.2 Å². The van der Waals surface area contributed by atoms with E-state index in [0.29, 0.717) is 51.7 Å². The molecule has 2 aromatic heterocycles. The summed E-state index contributed by atoms with van der Waals surface area (Å²) in [6.07, 6.45) is 5.75. The molecule has 5 aromatic rings. The number of H-pyrrole nitrogens is 2. The molecule has 16 heteroatoms. The summed E-state index contributed by atoms with van der Waals surface area (Å²) in [6, 6.07) is 13.8. The van der Waals surface area contributed by atoms with E-state index in [-0.39, 0.29) is 64.2 Å². The lowest BCUT2D eigenvalue weighted by atomic mass is 9.95. The summed E-state index contributed by atoms with van der Waals surface area (Å²) in [5.74, 6) is -2.53. The average Bonchev–Trinajstić information content (AvgIpc) is 3.95. The van der Waals surface area contributed by atoms with E-state index in [9.17, 15) is 19.2 Å². The number of likely N-dealkylation sites (tertiary alicyclic amines) is 2. The highest BCUT2D eigenvalue weighted by molar-refractivity contribution is 5.89. The van der Waals surface area contributed by atoms with Crippen molar-refractivity contribution in [2.75, 3.05) is 20.8 Å². The molecule has 2 aliphatic heterocycles. The first-order valence-electron chi connectivity index (χ1n) is 22.6. The van der Waals surface area contributed by atoms with Gasteiger partial charge in [0.15, 0.2) is 0 Å². The number of carbonyl (C=O) groups excluding carboxylic acids is 4. The zero-order chi connectivity index (χ0) is 45.7. The van der Waals surface area contributed by atoms with E-state index in [1.54, 1.807) is 29.3 Å². The molecule has 10 rings (SSSR count). The van der Waals surface area contributed by atoms with Gasteiger partial charge in [0, 0.05) is 29.3 Å². The normalized spacial score (nSPS) is 22.9. The first kappa shape index (κ1) is 42.6. The number of fused-ring (bicyclic) bond motifs is 6. The van der Waals surface area contributed by atoms with Crippen molar-refractivity contribution >= 4 is 35.0 Å². The van der Waals surface area contributed by atoms with Gasteiger partial charge in [-0.25, -0.2) is 19.6 Å². The number of halogens is 2. The molecule has 14 nitrogen and oxygen atoms in total. The second kappa shape index (κ2) is 15.7. The second-order valence-electron chi connectivity index (χ2n) is 19.4. The molecule has 4 amide bonds. The molecule has 1 spiro atoms. The highest BCUT2D eigenvalue weighted by Gasteiger charge is 2.56. The Hall–Kier alpha value is -6.32. The van der Waals surface area contributed by atoms with Crippen LogP contribution in [0.5, 0.6) is 0 Å². The van der Waals surface area contributed by atoms with Gasteiger partial charge in [-0.05, 0) is 108 Å². The zero-order valence-electron chi connectivity index (χ0n) is 37.3. The minimum atomic E-state index is -3.29. The molecule has 340 valence electrons. The number of carbonyl (C=O) groups is 4. The Balaban J connectivity index is 0.896. The summed E-state index contributed by atoms with van der Waals surface area (Å²) in [5, 5.41) is 5.43. The van der Waals surface area contributed by atoms with Gasteiger partial charge in [-0.3, -0.25) is 9.59 Å². The van der Waals surface area contributed by atoms with Gasteiger partial charge in [0.25, 0.3) is 5.92 Å². The standard InChI is InChI=1S/C49H54F2N8O6/c1-24(2)39(56-46(62)64-5)44(60)58-23-48(15-16-48)21-38(58)42-52-22-37(55-42)28-9-13-32-31-12-8-26(18-33(31)49(50,51)34(32)19-28)27-10-14-35-36(20-27)54-43(53-35)41-29-7-11-30(17-29)59(41)45(61)40(25(3)4)57-47(63)65-6/h8-10,12-14,18-20,22,24-25,29-30,38-41H,7,11,15-17,21,23H2,1-6H3,(H,52,55)(H,53,54)(H,56,62)(H,57,63)/t29-,30+,38+,39+,40+,41+/m1/s1. The molecule has 3 aliphatic carbocycles. The fraction of sp³-hybridized carbons (Fsp3) is 0.469. The monoisotopic (exact) mass is 888 g/mol. The number of aromatic amines is 2. The van der Waals surface area contributed by atoms with E-state index >= 15 is 8.78 Å². The number of ether oxygens (including phenoxy) is 2. The summed E-state index contributed by atoms with van der Waals surface area (Å²) in [7, 11) is 2.54. The maximum absolute atomic E-state index is 16.7. The molecule has 2 saturated heterocycles. The predicted octanol–water partition coefficient (Wildman–Crippen LogP) is 8.61. The van der Waals surface area contributed by atoms with Gasteiger partial charge in [0.05, 0.1) is 49.2 Å². The summed E-state index contributed by atoms with van der Waals surface area (Å²) in [6.45, 7) is 8.09. The summed E-state index contributed by atoms with van der Waals surface area (Å²) >= 11 is 0. The van der Waals surface area contributed by atoms with Crippen LogP contribution in [0.1, 0.15) is 101 Å². The third-order valence-electron chi connectivity index (χ3n) is 14.7. The number of nitrogens with one attached hydrogen (secondary N) is 4. The van der Waals surface area contributed by atoms with Crippen LogP contribution in [-0.2, 0) is 25.0 Å². The van der Waals surface area contributed by atoms with Crippen molar-refractivity contribution in [2.45, 2.75) is 102 Å². The van der Waals surface area contributed by atoms with Crippen LogP contribution in [0.4, 0.5) is 18.4 Å². The van der Waals surface area contributed by atoms with E-state index in [2.05, 4.69) is 20.6 Å². The number of hydrogen-bond acceptors (Lipinski definition) is 8. The van der Waals surface area contributed by atoms with Crippen LogP contribution >= 0.6 is 0 Å². The van der Waals surface area contributed by atoms with Crippen LogP contribution < -0.4 is 10.6 Å². The van der Waals surface area contributed by atoms with Crippen molar-refractivity contribution in [3.63, 3.8) is 0 Å². The van der Waals surface area contributed by atoms with Gasteiger partial charge in [-0.1, -0.05) is 58.0 Å². The Kier molecular flexibility index (Phi) is 10.3. The van der Waals surface area contributed by atoms with Gasteiger partial charge in [-0.15, -0.1) is 0 Å². The van der Waals surface area contributed by atoms with Gasteiger partial charge in [0.1, 0.15) is 23.7 Å². The summed E-state index contributed by atoms with van der Waals surface area (Å²) in [5.41, 5.74) is 4.68. The molecule has 65 heavy (non-hydrogen) atoms. The maximum Gasteiger partial charge on any atom is 0.407 e. The third kappa shape index (κ3) is 7.19. The van der Waals surface area contributed by atoms with Crippen LogP contribution in [0.2, 0.25) is 0 Å². The quantitative estimate of drug-likeness (QED) is 0.108. The van der Waals surface area contributed by atoms with Gasteiger partial charge in [0.2, 0.25) is 11.8 Å². The third-order valence-corrected chi connectivity index (χ3v) is 14.7. The molecule has 4 N–H and O–H groups in total. The van der Waals surface area contributed by atoms with Crippen molar-refractivity contribution in [1.82, 2.24) is 40.4 Å². The molecule has 2 bridgehead atoms. The van der Waals surface area contributed by atoms with E-state index in [4.69, 9.17) is 19.4 Å². The average molecular weight is 889 g/mol. The van der Waals surface area contributed by atoms with Crippen LogP contribution in [0, 0.1) is 23.2 Å². The number of rotatable bonds is 10. The molecule has 5 aliphatic rings. The van der Waals surface area contributed by atoms with Crippen LogP contribution in [0.25, 0.3) is 44.5 Å². The summed E-state index contributed by atoms with van der Waals surface area (Å²) < 4.78 is 43.0. The fourth-order valence-corrected chi connectivity index (χ4v) is 11.0. The van der Waals surface area contributed by atoms with Crippen molar-refractivity contribution in [3.8, 4) is 33.5 Å². The number of alkyl halides is 2. The maximum atomic E-state index is 16.7. The van der Waals surface area contributed by atoms with Crippen molar-refractivity contribution in [2.24, 2.45) is 23.2 Å². The largest absolute Gasteiger partial charge is 0.453 e. The molecular weight excluding hydrogens is 835 g/mol. The van der Waals surface area contributed by atoms with Crippen LogP contribution in [0.3, 0.4) is 0 Å². The second-order valence-corrected chi connectivity index (χ2v) is 19.4. The topological polar surface area (TPSA) is 175 Å². The molecule has 6 atom stereocenters. The van der Waals surface area contributed by atoms with Gasteiger partial charge in [-0.2, -0.15) is 8.78 Å². The van der Waals surface area contributed by atoms with Crippen molar-refractivity contribution < 1.29 is 37.4 Å². The highest BCUT2D eigenvalue weighted by Crippen LogP contribution is 2.59. The van der Waals surface area contributed by atoms with Crippen molar-refractivity contribution in [1.29, 1.82) is 0 Å². The molecule has 0 unspecified atom stereocenters. The molecule has 2 saturated carbocycles. The van der Waals surface area contributed by atoms with E-state index in [1.165, 1.54) is 20.3 Å². The number of aromatic nitrogens is 4.